The van der Waals surface area contributed by atoms with Crippen molar-refractivity contribution >= 4 is 22.8 Å². The highest BCUT2D eigenvalue weighted by molar-refractivity contribution is 7.17. The molecule has 1 heterocycles. The van der Waals surface area contributed by atoms with Crippen LogP contribution in [0.2, 0.25) is 0 Å². The monoisotopic (exact) mass is 338 g/mol. The maximum atomic E-state index is 11.6. The van der Waals surface area contributed by atoms with Crippen LogP contribution in [0.15, 0.2) is 0 Å². The van der Waals surface area contributed by atoms with Gasteiger partial charge in [-0.15, -0.1) is 0 Å². The molecule has 1 rings (SSSR count). The van der Waals surface area contributed by atoms with E-state index in [4.69, 9.17) is 4.98 Å². The number of aldehydes is 1. The van der Waals surface area contributed by atoms with Crippen molar-refractivity contribution in [2.24, 2.45) is 0 Å². The van der Waals surface area contributed by atoms with Gasteiger partial charge in [0.1, 0.15) is 0 Å². The van der Waals surface area contributed by atoms with Crippen LogP contribution in [0.5, 0.6) is 0 Å². The van der Waals surface area contributed by atoms with Gasteiger partial charge in [0, 0.05) is 18.5 Å². The number of aromatic nitrogens is 1. The van der Waals surface area contributed by atoms with Crippen LogP contribution < -0.4 is 4.90 Å². The zero-order valence-corrected chi connectivity index (χ0v) is 16.5. The predicted molar refractivity (Wildman–Crippen MR) is 102 cm³/mol. The van der Waals surface area contributed by atoms with Gasteiger partial charge in [-0.25, -0.2) is 4.98 Å². The summed E-state index contributed by atoms with van der Waals surface area (Å²) in [5, 5.41) is 1.05. The Hall–Kier alpha value is -0.900. The molecule has 0 spiro atoms. The Morgan fingerprint density at radius 2 is 1.52 bits per heavy atom. The van der Waals surface area contributed by atoms with Crippen molar-refractivity contribution in [2.75, 3.05) is 18.0 Å². The fourth-order valence-electron chi connectivity index (χ4n) is 3.17. The minimum atomic E-state index is 0.0478. The Balaban J connectivity index is 3.18. The standard InChI is InChI=1S/C19H34N2OS/c1-6-11-13-21(14-12-7-2)18-20-17(16(15-22)23-18)19(8-3,9-4)10-5/h15H,6-14H2,1-5H3. The van der Waals surface area contributed by atoms with E-state index in [1.807, 2.05) is 0 Å². The molecule has 0 aromatic carbocycles. The van der Waals surface area contributed by atoms with Gasteiger partial charge in [0.15, 0.2) is 11.4 Å². The van der Waals surface area contributed by atoms with Gasteiger partial charge in [0.05, 0.1) is 10.6 Å². The van der Waals surface area contributed by atoms with Crippen LogP contribution in [0, 0.1) is 0 Å². The quantitative estimate of drug-likeness (QED) is 0.449. The first kappa shape index (κ1) is 20.1. The second-order valence-corrected chi connectivity index (χ2v) is 7.37. The average molecular weight is 339 g/mol. The molecule has 0 radical (unpaired) electrons. The molecule has 4 heteroatoms. The number of unbranched alkanes of at least 4 members (excludes halogenated alkanes) is 2. The van der Waals surface area contributed by atoms with Gasteiger partial charge in [-0.3, -0.25) is 4.79 Å². The highest BCUT2D eigenvalue weighted by Gasteiger charge is 2.33. The molecule has 0 bridgehead atoms. The first-order valence-corrected chi connectivity index (χ1v) is 10.1. The lowest BCUT2D eigenvalue weighted by Gasteiger charge is -2.29. The molecule has 132 valence electrons. The summed E-state index contributed by atoms with van der Waals surface area (Å²) < 4.78 is 0. The van der Waals surface area contributed by atoms with E-state index < -0.39 is 0 Å². The zero-order valence-electron chi connectivity index (χ0n) is 15.7. The fourth-order valence-corrected chi connectivity index (χ4v) is 4.22. The van der Waals surface area contributed by atoms with E-state index in [0.29, 0.717) is 0 Å². The first-order chi connectivity index (χ1) is 11.1. The molecule has 0 atom stereocenters. The number of nitrogens with zero attached hydrogens (tertiary/aromatic N) is 2. The highest BCUT2D eigenvalue weighted by Crippen LogP contribution is 2.40. The Morgan fingerprint density at radius 3 is 1.91 bits per heavy atom. The Labute approximate surface area is 146 Å². The third-order valence-electron chi connectivity index (χ3n) is 5.12. The summed E-state index contributed by atoms with van der Waals surface area (Å²) >= 11 is 1.59. The van der Waals surface area contributed by atoms with Gasteiger partial charge < -0.3 is 4.90 Å². The van der Waals surface area contributed by atoms with Gasteiger partial charge >= 0.3 is 0 Å². The van der Waals surface area contributed by atoms with Crippen molar-refractivity contribution < 1.29 is 4.79 Å². The largest absolute Gasteiger partial charge is 0.348 e. The lowest BCUT2D eigenvalue weighted by Crippen LogP contribution is -2.27. The zero-order chi connectivity index (χ0) is 17.3. The maximum absolute atomic E-state index is 11.6. The van der Waals surface area contributed by atoms with Crippen molar-refractivity contribution in [3.05, 3.63) is 10.6 Å². The van der Waals surface area contributed by atoms with Crippen LogP contribution in [0.1, 0.15) is 94.9 Å². The van der Waals surface area contributed by atoms with Crippen LogP contribution in [-0.4, -0.2) is 24.4 Å². The van der Waals surface area contributed by atoms with Crippen LogP contribution in [0.25, 0.3) is 0 Å². The summed E-state index contributed by atoms with van der Waals surface area (Å²) in [4.78, 5) is 19.8. The number of anilines is 1. The number of carbonyl (C=O) groups excluding carboxylic acids is 1. The molecule has 1 aromatic rings. The van der Waals surface area contributed by atoms with Crippen LogP contribution in [-0.2, 0) is 5.41 Å². The maximum Gasteiger partial charge on any atom is 0.186 e. The molecule has 0 aliphatic rings. The number of thiazole rings is 1. The van der Waals surface area contributed by atoms with Gasteiger partial charge in [0.2, 0.25) is 0 Å². The summed E-state index contributed by atoms with van der Waals surface area (Å²) in [6, 6.07) is 0. The molecule has 23 heavy (non-hydrogen) atoms. The molecule has 1 aromatic heterocycles. The molecule has 0 aliphatic carbocycles. The van der Waals surface area contributed by atoms with Crippen LogP contribution in [0.4, 0.5) is 5.13 Å². The van der Waals surface area contributed by atoms with Crippen LogP contribution in [0.3, 0.4) is 0 Å². The van der Waals surface area contributed by atoms with E-state index in [-0.39, 0.29) is 5.41 Å². The molecular weight excluding hydrogens is 304 g/mol. The van der Waals surface area contributed by atoms with Gasteiger partial charge in [-0.05, 0) is 32.1 Å². The van der Waals surface area contributed by atoms with E-state index in [1.165, 1.54) is 25.7 Å². The van der Waals surface area contributed by atoms with Crippen molar-refractivity contribution in [1.82, 2.24) is 4.98 Å². The Morgan fingerprint density at radius 1 is 1.00 bits per heavy atom. The van der Waals surface area contributed by atoms with Gasteiger partial charge in [-0.2, -0.15) is 0 Å². The van der Waals surface area contributed by atoms with E-state index in [0.717, 1.165) is 54.3 Å². The first-order valence-electron chi connectivity index (χ1n) is 9.33. The minimum Gasteiger partial charge on any atom is -0.348 e. The van der Waals surface area contributed by atoms with E-state index in [1.54, 1.807) is 11.3 Å². The highest BCUT2D eigenvalue weighted by atomic mass is 32.1. The normalized spacial score (nSPS) is 11.7. The third-order valence-corrected chi connectivity index (χ3v) is 6.16. The molecule has 0 saturated heterocycles. The fraction of sp³-hybridized carbons (Fsp3) is 0.789. The van der Waals surface area contributed by atoms with Crippen molar-refractivity contribution in [1.29, 1.82) is 0 Å². The Bertz CT molecular complexity index is 450. The lowest BCUT2D eigenvalue weighted by atomic mass is 9.76. The molecule has 0 unspecified atom stereocenters. The number of hydrogen-bond acceptors (Lipinski definition) is 4. The molecule has 0 aliphatic heterocycles. The second-order valence-electron chi connectivity index (χ2n) is 6.36. The molecule has 0 saturated carbocycles. The molecule has 3 nitrogen and oxygen atoms in total. The summed E-state index contributed by atoms with van der Waals surface area (Å²) in [5.74, 6) is 0. The third kappa shape index (κ3) is 4.79. The van der Waals surface area contributed by atoms with Crippen molar-refractivity contribution in [3.63, 3.8) is 0 Å². The van der Waals surface area contributed by atoms with Gasteiger partial charge in [0.25, 0.3) is 0 Å². The number of rotatable bonds is 12. The number of carbonyl (C=O) groups is 1. The Kier molecular flexibility index (Phi) is 8.82. The van der Waals surface area contributed by atoms with Crippen LogP contribution >= 0.6 is 11.3 Å². The molecular formula is C19H34N2OS. The lowest BCUT2D eigenvalue weighted by molar-refractivity contribution is 0.112. The van der Waals surface area contributed by atoms with Gasteiger partial charge in [-0.1, -0.05) is 58.8 Å². The smallest absolute Gasteiger partial charge is 0.186 e. The molecule has 0 amide bonds. The molecule has 0 N–H and O–H groups in total. The van der Waals surface area contributed by atoms with E-state index >= 15 is 0 Å². The van der Waals surface area contributed by atoms with Crippen molar-refractivity contribution in [2.45, 2.75) is 85.0 Å². The van der Waals surface area contributed by atoms with E-state index in [2.05, 4.69) is 39.5 Å². The SMILES string of the molecule is CCCCN(CCCC)c1nc(C(CC)(CC)CC)c(C=O)s1. The second kappa shape index (κ2) is 10.1. The predicted octanol–water partition coefficient (Wildman–Crippen LogP) is 5.83. The summed E-state index contributed by atoms with van der Waals surface area (Å²) in [5.41, 5.74) is 1.09. The minimum absolute atomic E-state index is 0.0478. The van der Waals surface area contributed by atoms with E-state index in [9.17, 15) is 4.79 Å². The topological polar surface area (TPSA) is 33.2 Å². The molecule has 0 fully saturated rings. The van der Waals surface area contributed by atoms with Crippen molar-refractivity contribution in [3.8, 4) is 0 Å². The number of hydrogen-bond donors (Lipinski definition) is 0. The summed E-state index contributed by atoms with van der Waals surface area (Å²) in [7, 11) is 0. The summed E-state index contributed by atoms with van der Waals surface area (Å²) in [6.07, 6.45) is 8.85. The average Bonchev–Trinajstić information content (AvgIpc) is 3.02. The summed E-state index contributed by atoms with van der Waals surface area (Å²) in [6.45, 7) is 13.2.